The highest BCUT2D eigenvalue weighted by atomic mass is 32.1. The minimum atomic E-state index is -0.444. The van der Waals surface area contributed by atoms with Gasteiger partial charge >= 0.3 is 0 Å². The Hall–Kier alpha value is -8.30. The van der Waals surface area contributed by atoms with E-state index in [4.69, 9.17) is 0 Å². The van der Waals surface area contributed by atoms with Crippen LogP contribution in [0, 0.1) is 0 Å². The van der Waals surface area contributed by atoms with Gasteiger partial charge in [0, 0.05) is 37.2 Å². The van der Waals surface area contributed by atoms with Crippen LogP contribution in [0.1, 0.15) is 22.3 Å². The Labute approximate surface area is 392 Å². The minimum Gasteiger partial charge on any atom is -0.310 e. The number of hydrogen-bond donors (Lipinski definition) is 0. The molecule has 0 atom stereocenters. The Kier molecular flexibility index (Phi) is 7.65. The topological polar surface area (TPSA) is 3.24 Å². The van der Waals surface area contributed by atoms with Crippen LogP contribution in [0.25, 0.3) is 96.6 Å². The molecule has 0 saturated carbocycles. The van der Waals surface area contributed by atoms with Gasteiger partial charge in [0.15, 0.2) is 0 Å². The molecule has 0 bridgehead atoms. The van der Waals surface area contributed by atoms with Crippen molar-refractivity contribution >= 4 is 91.7 Å². The maximum absolute atomic E-state index is 2.50. The van der Waals surface area contributed by atoms with E-state index >= 15 is 0 Å². The molecule has 0 fully saturated rings. The summed E-state index contributed by atoms with van der Waals surface area (Å²) in [4.78, 5) is 2.48. The SMILES string of the molecule is c1ccc2c(c1)-c1ccccc1C21c2ccccc2-c2ccc(N(c3ccc(-c4ccc5c(c4)sc4ccc6ccccc6c45)cc3)c3ccc4c5ccccc5c5ccccc5c4c3)cc21. The van der Waals surface area contributed by atoms with Gasteiger partial charge in [-0.15, -0.1) is 11.3 Å². The van der Waals surface area contributed by atoms with E-state index in [2.05, 4.69) is 241 Å². The predicted molar refractivity (Wildman–Crippen MR) is 286 cm³/mol. The summed E-state index contributed by atoms with van der Waals surface area (Å²) >= 11 is 1.89. The first-order valence-electron chi connectivity index (χ1n) is 23.2. The Morgan fingerprint density at radius 3 is 1.42 bits per heavy atom. The van der Waals surface area contributed by atoms with Crippen LogP contribution >= 0.6 is 11.3 Å². The highest BCUT2D eigenvalue weighted by Gasteiger charge is 2.51. The van der Waals surface area contributed by atoms with Crippen molar-refractivity contribution in [3.63, 3.8) is 0 Å². The van der Waals surface area contributed by atoms with Crippen LogP contribution in [0.2, 0.25) is 0 Å². The molecule has 1 heterocycles. The quantitative estimate of drug-likeness (QED) is 0.159. The van der Waals surface area contributed by atoms with Crippen molar-refractivity contribution in [3.8, 4) is 33.4 Å². The van der Waals surface area contributed by atoms with Crippen LogP contribution in [-0.2, 0) is 5.41 Å². The molecule has 0 aliphatic heterocycles. The monoisotopic (exact) mass is 865 g/mol. The molecule has 1 spiro atoms. The Morgan fingerprint density at radius 1 is 0.284 bits per heavy atom. The summed E-state index contributed by atoms with van der Waals surface area (Å²) in [5.41, 5.74) is 15.9. The molecular formula is C65H39NS. The van der Waals surface area contributed by atoms with Crippen LogP contribution < -0.4 is 4.90 Å². The number of anilines is 3. The number of benzene rings is 12. The largest absolute Gasteiger partial charge is 0.310 e. The van der Waals surface area contributed by atoms with Crippen LogP contribution in [0.5, 0.6) is 0 Å². The second-order valence-electron chi connectivity index (χ2n) is 18.3. The summed E-state index contributed by atoms with van der Waals surface area (Å²) in [6.07, 6.45) is 0. The molecule has 2 aliphatic rings. The molecule has 13 aromatic rings. The van der Waals surface area contributed by atoms with Crippen molar-refractivity contribution < 1.29 is 0 Å². The molecule has 310 valence electrons. The van der Waals surface area contributed by atoms with Gasteiger partial charge in [0.1, 0.15) is 0 Å². The molecule has 2 heteroatoms. The minimum absolute atomic E-state index is 0.444. The Bertz CT molecular complexity index is 4130. The van der Waals surface area contributed by atoms with Crippen molar-refractivity contribution in [2.45, 2.75) is 5.41 Å². The zero-order valence-corrected chi connectivity index (χ0v) is 37.2. The maximum Gasteiger partial charge on any atom is 0.0726 e. The lowest BCUT2D eigenvalue weighted by molar-refractivity contribution is 0.793. The lowest BCUT2D eigenvalue weighted by atomic mass is 9.70. The van der Waals surface area contributed by atoms with Crippen molar-refractivity contribution in [1.82, 2.24) is 0 Å². The fourth-order valence-corrected chi connectivity index (χ4v) is 13.4. The third-order valence-electron chi connectivity index (χ3n) is 15.0. The third-order valence-corrected chi connectivity index (χ3v) is 16.2. The smallest absolute Gasteiger partial charge is 0.0726 e. The molecule has 15 rings (SSSR count). The van der Waals surface area contributed by atoms with Crippen LogP contribution in [0.3, 0.4) is 0 Å². The van der Waals surface area contributed by atoms with Gasteiger partial charge in [0.2, 0.25) is 0 Å². The van der Waals surface area contributed by atoms with Gasteiger partial charge in [-0.25, -0.2) is 0 Å². The van der Waals surface area contributed by atoms with E-state index in [-0.39, 0.29) is 0 Å². The molecular weight excluding hydrogens is 827 g/mol. The van der Waals surface area contributed by atoms with E-state index in [0.29, 0.717) is 0 Å². The normalized spacial score (nSPS) is 13.2. The van der Waals surface area contributed by atoms with Crippen LogP contribution in [0.4, 0.5) is 17.1 Å². The summed E-state index contributed by atoms with van der Waals surface area (Å²) in [7, 11) is 0. The van der Waals surface area contributed by atoms with Gasteiger partial charge in [-0.3, -0.25) is 0 Å². The van der Waals surface area contributed by atoms with Gasteiger partial charge in [-0.2, -0.15) is 0 Å². The first kappa shape index (κ1) is 37.0. The average Bonchev–Trinajstić information content (AvgIpc) is 4.03. The van der Waals surface area contributed by atoms with Gasteiger partial charge in [0.25, 0.3) is 0 Å². The standard InChI is InChI=1S/C65H39NS/c1-2-14-46-41(13-1)28-36-62-64(46)56-33-27-42(37-63(56)67-62)40-25-29-43(30-26-40)66(44-31-34-51-49-17-4-3-15-47(49)48-16-5-6-18-50(48)57(51)38-44)45-32-35-55-54-21-9-12-24-60(54)65(61(55)39-45)58-22-10-7-19-52(58)53-20-8-11-23-59(53)65/h1-39H. The lowest BCUT2D eigenvalue weighted by Gasteiger charge is -2.32. The third kappa shape index (κ3) is 5.08. The van der Waals surface area contributed by atoms with E-state index in [1.807, 2.05) is 11.3 Å². The molecule has 12 aromatic carbocycles. The fraction of sp³-hybridized carbons (Fsp3) is 0.0154. The summed E-state index contributed by atoms with van der Waals surface area (Å²) in [5.74, 6) is 0. The van der Waals surface area contributed by atoms with E-state index in [1.54, 1.807) is 0 Å². The number of fused-ring (bicyclic) bond motifs is 21. The Balaban J connectivity index is 0.941. The van der Waals surface area contributed by atoms with E-state index in [1.165, 1.54) is 119 Å². The first-order chi connectivity index (χ1) is 33.2. The molecule has 0 N–H and O–H groups in total. The maximum atomic E-state index is 2.50. The molecule has 2 aliphatic carbocycles. The molecule has 1 aromatic heterocycles. The first-order valence-corrected chi connectivity index (χ1v) is 24.1. The van der Waals surface area contributed by atoms with Gasteiger partial charge in [-0.05, 0) is 147 Å². The summed E-state index contributed by atoms with van der Waals surface area (Å²) in [6.45, 7) is 0. The fourth-order valence-electron chi connectivity index (χ4n) is 12.2. The number of nitrogens with zero attached hydrogens (tertiary/aromatic N) is 1. The molecule has 1 nitrogen and oxygen atoms in total. The van der Waals surface area contributed by atoms with Gasteiger partial charge in [-0.1, -0.05) is 188 Å². The second kappa shape index (κ2) is 13.9. The van der Waals surface area contributed by atoms with E-state index in [0.717, 1.165) is 17.1 Å². The van der Waals surface area contributed by atoms with Gasteiger partial charge < -0.3 is 4.90 Å². The van der Waals surface area contributed by atoms with E-state index in [9.17, 15) is 0 Å². The predicted octanol–water partition coefficient (Wildman–Crippen LogP) is 18.1. The van der Waals surface area contributed by atoms with Crippen molar-refractivity contribution in [2.75, 3.05) is 4.90 Å². The van der Waals surface area contributed by atoms with Crippen LogP contribution in [-0.4, -0.2) is 0 Å². The highest BCUT2D eigenvalue weighted by Crippen LogP contribution is 2.63. The van der Waals surface area contributed by atoms with Crippen molar-refractivity contribution in [2.24, 2.45) is 0 Å². The highest BCUT2D eigenvalue weighted by molar-refractivity contribution is 7.26. The zero-order valence-electron chi connectivity index (χ0n) is 36.4. The molecule has 0 amide bonds. The average molecular weight is 866 g/mol. The van der Waals surface area contributed by atoms with Crippen molar-refractivity contribution in [3.05, 3.63) is 259 Å². The van der Waals surface area contributed by atoms with Gasteiger partial charge in [0.05, 0.1) is 5.41 Å². The zero-order chi connectivity index (χ0) is 43.8. The van der Waals surface area contributed by atoms with E-state index < -0.39 is 5.41 Å². The van der Waals surface area contributed by atoms with Crippen molar-refractivity contribution in [1.29, 1.82) is 0 Å². The molecule has 0 unspecified atom stereocenters. The number of thiophene rings is 1. The summed E-state index contributed by atoms with van der Waals surface area (Å²) < 4.78 is 2.64. The molecule has 0 radical (unpaired) electrons. The Morgan fingerprint density at radius 2 is 0.761 bits per heavy atom. The summed E-state index contributed by atoms with van der Waals surface area (Å²) in [5, 5.41) is 12.9. The molecule has 67 heavy (non-hydrogen) atoms. The summed E-state index contributed by atoms with van der Waals surface area (Å²) in [6, 6.07) is 88.9. The number of hydrogen-bond acceptors (Lipinski definition) is 2. The lowest BCUT2D eigenvalue weighted by Crippen LogP contribution is -2.26. The van der Waals surface area contributed by atoms with Crippen LogP contribution in [0.15, 0.2) is 237 Å². The molecule has 0 saturated heterocycles. The second-order valence-corrected chi connectivity index (χ2v) is 19.4. The number of rotatable bonds is 4.